The smallest absolute Gasteiger partial charge is 0.128 e. The highest BCUT2D eigenvalue weighted by molar-refractivity contribution is 7.85. The number of hydrogen-bond donors (Lipinski definition) is 0. The number of pyridine rings is 1. The minimum absolute atomic E-state index is 0.264. The van der Waals surface area contributed by atoms with Crippen LogP contribution < -0.4 is 4.74 Å². The van der Waals surface area contributed by atoms with Gasteiger partial charge in [-0.05, 0) is 46.5 Å². The Labute approximate surface area is 160 Å². The maximum atomic E-state index is 13.6. The molecule has 0 aliphatic carbocycles. The first-order chi connectivity index (χ1) is 13.3. The second kappa shape index (κ2) is 6.32. The van der Waals surface area contributed by atoms with Gasteiger partial charge in [-0.3, -0.25) is 9.19 Å². The molecule has 4 aromatic rings. The third-order valence-electron chi connectivity index (χ3n) is 5.11. The Morgan fingerprint density at radius 3 is 2.48 bits per heavy atom. The van der Waals surface area contributed by atoms with Crippen molar-refractivity contribution in [1.82, 2.24) is 4.98 Å². The highest BCUT2D eigenvalue weighted by Crippen LogP contribution is 2.47. The number of ether oxygens (including phenoxy) is 1. The third kappa shape index (κ3) is 2.41. The summed E-state index contributed by atoms with van der Waals surface area (Å²) in [6, 6.07) is 24.0. The lowest BCUT2D eigenvalue weighted by molar-refractivity contribution is 0.419. The molecule has 0 N–H and O–H groups in total. The molecule has 0 bridgehead atoms. The number of hydrogen-bond acceptors (Lipinski definition) is 3. The molecule has 2 atom stereocenters. The molecule has 27 heavy (non-hydrogen) atoms. The molecule has 0 spiro atoms. The average Bonchev–Trinajstić information content (AvgIpc) is 2.74. The van der Waals surface area contributed by atoms with Crippen LogP contribution in [-0.2, 0) is 10.8 Å². The molecule has 3 aromatic carbocycles. The second-order valence-electron chi connectivity index (χ2n) is 6.52. The van der Waals surface area contributed by atoms with E-state index in [0.29, 0.717) is 0 Å². The van der Waals surface area contributed by atoms with Gasteiger partial charge in [-0.15, -0.1) is 0 Å². The summed E-state index contributed by atoms with van der Waals surface area (Å²) < 4.78 is 19.1. The van der Waals surface area contributed by atoms with Crippen LogP contribution in [0.4, 0.5) is 0 Å². The highest BCUT2D eigenvalue weighted by atomic mass is 32.2. The Kier molecular flexibility index (Phi) is 3.80. The zero-order valence-corrected chi connectivity index (χ0v) is 15.6. The first kappa shape index (κ1) is 16.2. The molecule has 3 nitrogen and oxygen atoms in total. The van der Waals surface area contributed by atoms with E-state index in [1.807, 2.05) is 60.7 Å². The topological polar surface area (TPSA) is 39.2 Å². The molecule has 132 valence electrons. The van der Waals surface area contributed by atoms with Crippen LogP contribution in [0.3, 0.4) is 0 Å². The molecule has 2 heterocycles. The van der Waals surface area contributed by atoms with Crippen molar-refractivity contribution < 1.29 is 8.95 Å². The van der Waals surface area contributed by atoms with E-state index in [4.69, 9.17) is 4.74 Å². The lowest BCUT2D eigenvalue weighted by Crippen LogP contribution is -2.16. The quantitative estimate of drug-likeness (QED) is 0.491. The molecular formula is C23H17NO2S. The van der Waals surface area contributed by atoms with E-state index in [-0.39, 0.29) is 5.25 Å². The van der Waals surface area contributed by atoms with E-state index in [1.54, 1.807) is 13.3 Å². The van der Waals surface area contributed by atoms with Gasteiger partial charge in [-0.1, -0.05) is 48.5 Å². The maximum Gasteiger partial charge on any atom is 0.128 e. The summed E-state index contributed by atoms with van der Waals surface area (Å²) in [5.74, 6) is 0.775. The fourth-order valence-corrected chi connectivity index (χ4v) is 5.64. The van der Waals surface area contributed by atoms with Crippen molar-refractivity contribution >= 4 is 21.7 Å². The second-order valence-corrected chi connectivity index (χ2v) is 8.02. The molecular weight excluding hydrogens is 354 g/mol. The number of fused-ring (bicyclic) bond motifs is 4. The van der Waals surface area contributed by atoms with Crippen LogP contribution in [0.5, 0.6) is 5.75 Å². The molecule has 1 aliphatic heterocycles. The lowest BCUT2D eigenvalue weighted by Gasteiger charge is -2.28. The molecule has 0 saturated heterocycles. The summed E-state index contributed by atoms with van der Waals surface area (Å²) in [7, 11) is 0.448. The standard InChI is InChI=1S/C23H17NO2S/c1-26-20-13-12-19(22-18(20)10-6-14-24-22)23-17-9-3-2-7-15(17)16-8-4-5-11-21(16)27(23)25/h2-14,23H,1H3. The third-order valence-corrected chi connectivity index (χ3v) is 6.84. The van der Waals surface area contributed by atoms with Crippen molar-refractivity contribution in [3.05, 3.63) is 90.1 Å². The Bertz CT molecular complexity index is 1200. The van der Waals surface area contributed by atoms with E-state index in [9.17, 15) is 4.21 Å². The summed E-state index contributed by atoms with van der Waals surface area (Å²) in [6.07, 6.45) is 1.77. The number of rotatable bonds is 2. The van der Waals surface area contributed by atoms with E-state index in [2.05, 4.69) is 17.1 Å². The summed E-state index contributed by atoms with van der Waals surface area (Å²) >= 11 is 0. The summed E-state index contributed by atoms with van der Waals surface area (Å²) in [4.78, 5) is 5.49. The normalized spacial score (nSPS) is 18.0. The van der Waals surface area contributed by atoms with Gasteiger partial charge >= 0.3 is 0 Å². The van der Waals surface area contributed by atoms with Gasteiger partial charge in [0.1, 0.15) is 5.75 Å². The summed E-state index contributed by atoms with van der Waals surface area (Å²) in [5.41, 5.74) is 5.06. The van der Waals surface area contributed by atoms with Crippen molar-refractivity contribution in [1.29, 1.82) is 0 Å². The van der Waals surface area contributed by atoms with Gasteiger partial charge in [-0.25, -0.2) is 0 Å². The van der Waals surface area contributed by atoms with Crippen LogP contribution in [-0.4, -0.2) is 16.3 Å². The van der Waals surface area contributed by atoms with Crippen molar-refractivity contribution in [2.45, 2.75) is 10.1 Å². The maximum absolute atomic E-state index is 13.6. The molecule has 4 heteroatoms. The van der Waals surface area contributed by atoms with Gasteiger partial charge in [-0.2, -0.15) is 0 Å². The Balaban J connectivity index is 1.82. The van der Waals surface area contributed by atoms with Crippen LogP contribution in [0.25, 0.3) is 22.0 Å². The highest BCUT2D eigenvalue weighted by Gasteiger charge is 2.33. The Morgan fingerprint density at radius 1 is 0.852 bits per heavy atom. The van der Waals surface area contributed by atoms with Gasteiger partial charge in [0.2, 0.25) is 0 Å². The van der Waals surface area contributed by atoms with Crippen LogP contribution >= 0.6 is 0 Å². The zero-order valence-electron chi connectivity index (χ0n) is 14.8. The number of methoxy groups -OCH3 is 1. The molecule has 0 amide bonds. The van der Waals surface area contributed by atoms with Crippen molar-refractivity contribution in [3.63, 3.8) is 0 Å². The van der Waals surface area contributed by atoms with Crippen LogP contribution in [0.1, 0.15) is 16.4 Å². The molecule has 1 aromatic heterocycles. The predicted octanol–water partition coefficient (Wildman–Crippen LogP) is 5.12. The molecule has 0 saturated carbocycles. The van der Waals surface area contributed by atoms with Gasteiger partial charge in [0, 0.05) is 16.5 Å². The first-order valence-corrected chi connectivity index (χ1v) is 10.0. The largest absolute Gasteiger partial charge is 0.496 e. The fraction of sp³-hybridized carbons (Fsp3) is 0.0870. The zero-order chi connectivity index (χ0) is 18.4. The molecule has 2 unspecified atom stereocenters. The number of benzene rings is 3. The molecule has 0 fully saturated rings. The van der Waals surface area contributed by atoms with Crippen LogP contribution in [0.15, 0.2) is 83.9 Å². The van der Waals surface area contributed by atoms with E-state index < -0.39 is 10.8 Å². The Morgan fingerprint density at radius 2 is 1.63 bits per heavy atom. The first-order valence-electron chi connectivity index (χ1n) is 8.80. The minimum Gasteiger partial charge on any atom is -0.496 e. The van der Waals surface area contributed by atoms with Crippen molar-refractivity contribution in [3.8, 4) is 16.9 Å². The van der Waals surface area contributed by atoms with Crippen molar-refractivity contribution in [2.75, 3.05) is 7.11 Å². The molecule has 5 rings (SSSR count). The van der Waals surface area contributed by atoms with Crippen LogP contribution in [0.2, 0.25) is 0 Å². The molecule has 0 radical (unpaired) electrons. The summed E-state index contributed by atoms with van der Waals surface area (Å²) in [5, 5.41) is 0.672. The number of aromatic nitrogens is 1. The monoisotopic (exact) mass is 371 g/mol. The minimum atomic E-state index is -1.21. The van der Waals surface area contributed by atoms with E-state index >= 15 is 0 Å². The lowest BCUT2D eigenvalue weighted by atomic mass is 9.92. The summed E-state index contributed by atoms with van der Waals surface area (Å²) in [6.45, 7) is 0. The van der Waals surface area contributed by atoms with Gasteiger partial charge in [0.15, 0.2) is 0 Å². The average molecular weight is 371 g/mol. The van der Waals surface area contributed by atoms with Gasteiger partial charge < -0.3 is 4.74 Å². The van der Waals surface area contributed by atoms with Crippen LogP contribution in [0, 0.1) is 0 Å². The Hall–Kier alpha value is -2.98. The van der Waals surface area contributed by atoms with Gasteiger partial charge in [0.05, 0.1) is 28.7 Å². The van der Waals surface area contributed by atoms with E-state index in [1.165, 1.54) is 0 Å². The van der Waals surface area contributed by atoms with E-state index in [0.717, 1.165) is 43.8 Å². The van der Waals surface area contributed by atoms with Gasteiger partial charge in [0.25, 0.3) is 0 Å². The number of nitrogens with zero attached hydrogens (tertiary/aromatic N) is 1. The fourth-order valence-electron chi connectivity index (χ4n) is 3.92. The molecule has 1 aliphatic rings. The SMILES string of the molecule is COc1ccc(C2c3ccccc3-c3ccccc3S2=O)c2ncccc12. The van der Waals surface area contributed by atoms with Crippen molar-refractivity contribution in [2.24, 2.45) is 0 Å². The predicted molar refractivity (Wildman–Crippen MR) is 108 cm³/mol.